The number of aryl methyl sites for hydroxylation is 1. The number of carbonyl (C=O) groups is 1. The van der Waals surface area contributed by atoms with Crippen LogP contribution in [0.4, 0.5) is 0 Å². The van der Waals surface area contributed by atoms with Gasteiger partial charge in [0.25, 0.3) is 0 Å². The van der Waals surface area contributed by atoms with Crippen LogP contribution in [0.2, 0.25) is 0 Å². The maximum absolute atomic E-state index is 12.5. The number of hydrogen-bond donors (Lipinski definition) is 2. The summed E-state index contributed by atoms with van der Waals surface area (Å²) in [6.07, 6.45) is 0.926. The van der Waals surface area contributed by atoms with Crippen LogP contribution in [0.25, 0.3) is 0 Å². The predicted octanol–water partition coefficient (Wildman–Crippen LogP) is 2.70. The smallest absolute Gasteiger partial charge is 0.241 e. The van der Waals surface area contributed by atoms with E-state index in [-0.39, 0.29) is 17.5 Å². The summed E-state index contributed by atoms with van der Waals surface area (Å²) in [5.41, 5.74) is 2.82. The largest absolute Gasteiger partial charge is 0.494 e. The first kappa shape index (κ1) is 22.1. The van der Waals surface area contributed by atoms with Gasteiger partial charge in [0, 0.05) is 24.1 Å². The molecule has 0 saturated carbocycles. The number of sulfonamides is 1. The molecule has 2 unspecified atom stereocenters. The van der Waals surface area contributed by atoms with Gasteiger partial charge in [-0.3, -0.25) is 4.79 Å². The quantitative estimate of drug-likeness (QED) is 0.669. The second kappa shape index (κ2) is 9.06. The van der Waals surface area contributed by atoms with Crippen LogP contribution in [-0.2, 0) is 27.8 Å². The van der Waals surface area contributed by atoms with E-state index in [0.29, 0.717) is 12.4 Å². The molecular formula is C22H28N2O5S. The molecule has 0 aliphatic carbocycles. The Morgan fingerprint density at radius 2 is 1.97 bits per heavy atom. The molecule has 162 valence electrons. The summed E-state index contributed by atoms with van der Waals surface area (Å²) >= 11 is 0. The minimum atomic E-state index is -3.79. The lowest BCUT2D eigenvalue weighted by Crippen LogP contribution is -2.44. The summed E-state index contributed by atoms with van der Waals surface area (Å²) in [5.74, 6) is 1.06. The molecule has 0 bridgehead atoms. The van der Waals surface area contributed by atoms with Crippen molar-refractivity contribution in [2.24, 2.45) is 0 Å². The Morgan fingerprint density at radius 1 is 1.27 bits per heavy atom. The fraction of sp³-hybridized carbons (Fsp3) is 0.409. The number of amides is 1. The molecule has 2 aromatic carbocycles. The van der Waals surface area contributed by atoms with E-state index < -0.39 is 22.0 Å². The van der Waals surface area contributed by atoms with Crippen LogP contribution >= 0.6 is 0 Å². The second-order valence-electron chi connectivity index (χ2n) is 7.51. The molecule has 2 N–H and O–H groups in total. The highest BCUT2D eigenvalue weighted by Crippen LogP contribution is 2.35. The highest BCUT2D eigenvalue weighted by molar-refractivity contribution is 7.89. The first-order chi connectivity index (χ1) is 14.2. The summed E-state index contributed by atoms with van der Waals surface area (Å²) in [7, 11) is -3.79. The van der Waals surface area contributed by atoms with Crippen LogP contribution in [0.5, 0.6) is 11.5 Å². The lowest BCUT2D eigenvalue weighted by Gasteiger charge is -2.16. The average Bonchev–Trinajstić information content (AvgIpc) is 3.05. The minimum Gasteiger partial charge on any atom is -0.494 e. The number of hydrogen-bond acceptors (Lipinski definition) is 5. The van der Waals surface area contributed by atoms with Gasteiger partial charge in [-0.2, -0.15) is 4.72 Å². The molecule has 30 heavy (non-hydrogen) atoms. The van der Waals surface area contributed by atoms with E-state index in [1.807, 2.05) is 32.9 Å². The Hall–Kier alpha value is -2.58. The molecule has 2 aromatic rings. The summed E-state index contributed by atoms with van der Waals surface area (Å²) < 4.78 is 38.9. The van der Waals surface area contributed by atoms with E-state index in [1.54, 1.807) is 12.1 Å². The lowest BCUT2D eigenvalue weighted by molar-refractivity contribution is -0.122. The lowest BCUT2D eigenvalue weighted by atomic mass is 10.1. The van der Waals surface area contributed by atoms with E-state index in [1.165, 1.54) is 19.1 Å². The van der Waals surface area contributed by atoms with Crippen LogP contribution in [0, 0.1) is 6.92 Å². The molecule has 1 heterocycles. The van der Waals surface area contributed by atoms with Gasteiger partial charge in [0.1, 0.15) is 17.6 Å². The van der Waals surface area contributed by atoms with Crippen LogP contribution in [0.15, 0.2) is 41.3 Å². The molecule has 1 amide bonds. The number of nitrogens with one attached hydrogen (secondary N) is 2. The molecule has 3 rings (SSSR count). The number of fused-ring (bicyclic) bond motifs is 1. The van der Waals surface area contributed by atoms with E-state index in [0.717, 1.165) is 28.9 Å². The third-order valence-corrected chi connectivity index (χ3v) is 6.45. The van der Waals surface area contributed by atoms with Gasteiger partial charge in [-0.1, -0.05) is 17.7 Å². The van der Waals surface area contributed by atoms with Crippen molar-refractivity contribution in [3.05, 3.63) is 53.1 Å². The molecule has 1 aliphatic heterocycles. The van der Waals surface area contributed by atoms with Gasteiger partial charge in [0.15, 0.2) is 0 Å². The van der Waals surface area contributed by atoms with Crippen molar-refractivity contribution >= 4 is 15.9 Å². The summed E-state index contributed by atoms with van der Waals surface area (Å²) in [4.78, 5) is 12.6. The third-order valence-electron chi connectivity index (χ3n) is 4.89. The Labute approximate surface area is 177 Å². The van der Waals surface area contributed by atoms with Crippen molar-refractivity contribution in [2.45, 2.75) is 57.7 Å². The maximum atomic E-state index is 12.5. The van der Waals surface area contributed by atoms with Crippen molar-refractivity contribution in [2.75, 3.05) is 6.61 Å². The monoisotopic (exact) mass is 432 g/mol. The Kier molecular flexibility index (Phi) is 6.67. The molecule has 8 heteroatoms. The Morgan fingerprint density at radius 3 is 2.63 bits per heavy atom. The molecule has 7 nitrogen and oxygen atoms in total. The Balaban J connectivity index is 1.66. The maximum Gasteiger partial charge on any atom is 0.241 e. The molecule has 1 aliphatic rings. The fourth-order valence-electron chi connectivity index (χ4n) is 3.32. The third kappa shape index (κ3) is 5.12. The number of ether oxygens (including phenoxy) is 2. The SMILES string of the molecule is CCOc1cc2c(cc1CNC(=O)C(C)NS(=O)(=O)c1ccc(C)cc1)OC(C)C2. The number of carbonyl (C=O) groups excluding carboxylic acids is 1. The van der Waals surface area contributed by atoms with Crippen molar-refractivity contribution in [3.63, 3.8) is 0 Å². The van der Waals surface area contributed by atoms with Crippen molar-refractivity contribution in [1.29, 1.82) is 0 Å². The molecule has 0 aromatic heterocycles. The average molecular weight is 433 g/mol. The van der Waals surface area contributed by atoms with Gasteiger partial charge < -0.3 is 14.8 Å². The first-order valence-corrected chi connectivity index (χ1v) is 11.5. The normalized spacial score (nSPS) is 16.5. The highest BCUT2D eigenvalue weighted by Gasteiger charge is 2.24. The minimum absolute atomic E-state index is 0.107. The zero-order valence-corrected chi connectivity index (χ0v) is 18.5. The first-order valence-electron chi connectivity index (χ1n) is 10.0. The van der Waals surface area contributed by atoms with Crippen LogP contribution < -0.4 is 19.5 Å². The second-order valence-corrected chi connectivity index (χ2v) is 9.22. The summed E-state index contributed by atoms with van der Waals surface area (Å²) in [6.45, 7) is 8.00. The molecule has 0 radical (unpaired) electrons. The fourth-order valence-corrected chi connectivity index (χ4v) is 4.52. The van der Waals surface area contributed by atoms with Gasteiger partial charge in [-0.05, 0) is 52.0 Å². The molecular weight excluding hydrogens is 404 g/mol. The standard InChI is InChI=1S/C22H28N2O5S/c1-5-28-20-11-17-10-15(3)29-21(17)12-18(20)13-23-22(25)16(4)24-30(26,27)19-8-6-14(2)7-9-19/h6-9,11-12,15-16,24H,5,10,13H2,1-4H3,(H,23,25). The van der Waals surface area contributed by atoms with Crippen molar-refractivity contribution in [1.82, 2.24) is 10.0 Å². The zero-order chi connectivity index (χ0) is 21.9. The molecule has 0 saturated heterocycles. The van der Waals surface area contributed by atoms with Gasteiger partial charge in [0.2, 0.25) is 15.9 Å². The molecule has 0 spiro atoms. The summed E-state index contributed by atoms with van der Waals surface area (Å²) in [5, 5.41) is 2.78. The predicted molar refractivity (Wildman–Crippen MR) is 114 cm³/mol. The van der Waals surface area contributed by atoms with Gasteiger partial charge >= 0.3 is 0 Å². The van der Waals surface area contributed by atoms with Crippen LogP contribution in [0.3, 0.4) is 0 Å². The van der Waals surface area contributed by atoms with E-state index >= 15 is 0 Å². The van der Waals surface area contributed by atoms with E-state index in [2.05, 4.69) is 10.0 Å². The molecule has 2 atom stereocenters. The van der Waals surface area contributed by atoms with Gasteiger partial charge in [0.05, 0.1) is 17.5 Å². The van der Waals surface area contributed by atoms with Crippen molar-refractivity contribution in [3.8, 4) is 11.5 Å². The van der Waals surface area contributed by atoms with Gasteiger partial charge in [-0.15, -0.1) is 0 Å². The van der Waals surface area contributed by atoms with Crippen LogP contribution in [0.1, 0.15) is 37.5 Å². The van der Waals surface area contributed by atoms with Crippen molar-refractivity contribution < 1.29 is 22.7 Å². The number of rotatable bonds is 8. The van der Waals surface area contributed by atoms with E-state index in [4.69, 9.17) is 9.47 Å². The van der Waals surface area contributed by atoms with Gasteiger partial charge in [-0.25, -0.2) is 8.42 Å². The highest BCUT2D eigenvalue weighted by atomic mass is 32.2. The topological polar surface area (TPSA) is 93.7 Å². The zero-order valence-electron chi connectivity index (χ0n) is 17.7. The van der Waals surface area contributed by atoms with Crippen LogP contribution in [-0.4, -0.2) is 33.1 Å². The van der Waals surface area contributed by atoms with E-state index in [9.17, 15) is 13.2 Å². The number of benzene rings is 2. The molecule has 0 fully saturated rings. The summed E-state index contributed by atoms with van der Waals surface area (Å²) in [6, 6.07) is 9.36. The Bertz CT molecular complexity index is 1020.